The molecule has 0 radical (unpaired) electrons. The Kier molecular flexibility index (Phi) is 5.39. The predicted octanol–water partition coefficient (Wildman–Crippen LogP) is 4.20. The van der Waals surface area contributed by atoms with Gasteiger partial charge in [0.25, 0.3) is 0 Å². The number of halogens is 3. The summed E-state index contributed by atoms with van der Waals surface area (Å²) in [5, 5.41) is 3.78. The molecule has 2 aromatic rings. The molecule has 1 aromatic heterocycles. The molecule has 1 atom stereocenters. The van der Waals surface area contributed by atoms with E-state index in [4.69, 9.17) is 28.9 Å². The number of rotatable bonds is 5. The lowest BCUT2D eigenvalue weighted by Crippen LogP contribution is -2.25. The van der Waals surface area contributed by atoms with Gasteiger partial charge >= 0.3 is 0 Å². The molecule has 0 fully saturated rings. The van der Waals surface area contributed by atoms with E-state index in [1.807, 2.05) is 6.92 Å². The van der Waals surface area contributed by atoms with E-state index in [0.717, 1.165) is 6.42 Å². The number of nitrogens with zero attached hydrogens (tertiary/aromatic N) is 1. The Bertz CT molecular complexity index is 632. The minimum Gasteiger partial charge on any atom is -0.383 e. The third-order valence-corrected chi connectivity index (χ3v) is 3.62. The topological polar surface area (TPSA) is 50.9 Å². The number of pyridine rings is 1. The van der Waals surface area contributed by atoms with Crippen molar-refractivity contribution in [3.8, 4) is 0 Å². The van der Waals surface area contributed by atoms with Crippen LogP contribution in [-0.4, -0.2) is 11.5 Å². The summed E-state index contributed by atoms with van der Waals surface area (Å²) < 4.78 is 14.3. The van der Waals surface area contributed by atoms with Gasteiger partial charge in [0.05, 0.1) is 16.1 Å². The quantitative estimate of drug-likeness (QED) is 0.865. The molecular formula is C15H16Cl2FN3. The fourth-order valence-corrected chi connectivity index (χ4v) is 2.46. The fraction of sp³-hybridized carbons (Fsp3) is 0.267. The molecule has 2 rings (SSSR count). The van der Waals surface area contributed by atoms with E-state index in [1.165, 1.54) is 12.3 Å². The Morgan fingerprint density at radius 2 is 2.10 bits per heavy atom. The molecule has 3 nitrogen and oxygen atoms in total. The Hall–Kier alpha value is -1.36. The van der Waals surface area contributed by atoms with Gasteiger partial charge in [-0.2, -0.15) is 0 Å². The lowest BCUT2D eigenvalue weighted by molar-refractivity contribution is 0.547. The van der Waals surface area contributed by atoms with E-state index in [9.17, 15) is 4.39 Å². The normalized spacial score (nSPS) is 12.4. The van der Waals surface area contributed by atoms with Crippen molar-refractivity contribution in [1.29, 1.82) is 0 Å². The lowest BCUT2D eigenvalue weighted by Gasteiger charge is -2.21. The maximum atomic E-state index is 14.3. The third kappa shape index (κ3) is 3.64. The number of benzene rings is 1. The second-order valence-electron chi connectivity index (χ2n) is 4.66. The fourth-order valence-electron chi connectivity index (χ4n) is 2.12. The van der Waals surface area contributed by atoms with Crippen LogP contribution in [0.1, 0.15) is 30.5 Å². The molecule has 1 unspecified atom stereocenters. The van der Waals surface area contributed by atoms with Crippen LogP contribution in [0.5, 0.6) is 0 Å². The Morgan fingerprint density at radius 3 is 2.81 bits per heavy atom. The van der Waals surface area contributed by atoms with E-state index in [0.29, 0.717) is 28.5 Å². The molecule has 3 N–H and O–H groups in total. The van der Waals surface area contributed by atoms with Gasteiger partial charge in [0.1, 0.15) is 11.6 Å². The molecule has 21 heavy (non-hydrogen) atoms. The summed E-state index contributed by atoms with van der Waals surface area (Å²) in [7, 11) is 0. The van der Waals surface area contributed by atoms with Gasteiger partial charge < -0.3 is 11.1 Å². The number of hydrogen-bond acceptors (Lipinski definition) is 3. The van der Waals surface area contributed by atoms with Gasteiger partial charge in [-0.05, 0) is 25.1 Å². The number of nitrogen functional groups attached to an aromatic ring is 1. The molecule has 6 heteroatoms. The zero-order valence-electron chi connectivity index (χ0n) is 11.5. The van der Waals surface area contributed by atoms with Crippen LogP contribution in [0.15, 0.2) is 30.5 Å². The first kappa shape index (κ1) is 16.0. The van der Waals surface area contributed by atoms with Crippen molar-refractivity contribution in [1.82, 2.24) is 10.3 Å². The van der Waals surface area contributed by atoms with E-state index in [2.05, 4.69) is 10.3 Å². The monoisotopic (exact) mass is 327 g/mol. The summed E-state index contributed by atoms with van der Waals surface area (Å²) >= 11 is 11.9. The number of anilines is 1. The first-order valence-corrected chi connectivity index (χ1v) is 7.38. The molecule has 1 aromatic carbocycles. The van der Waals surface area contributed by atoms with E-state index < -0.39 is 11.9 Å². The van der Waals surface area contributed by atoms with Gasteiger partial charge in [-0.25, -0.2) is 9.37 Å². The van der Waals surface area contributed by atoms with E-state index >= 15 is 0 Å². The molecule has 0 saturated heterocycles. The Morgan fingerprint density at radius 1 is 1.33 bits per heavy atom. The van der Waals surface area contributed by atoms with Crippen molar-refractivity contribution >= 4 is 29.0 Å². The molecule has 0 aliphatic carbocycles. The maximum absolute atomic E-state index is 14.3. The van der Waals surface area contributed by atoms with Crippen LogP contribution in [0.25, 0.3) is 0 Å². The van der Waals surface area contributed by atoms with Crippen LogP contribution in [0.4, 0.5) is 10.2 Å². The number of nitrogens with one attached hydrogen (secondary N) is 1. The number of hydrogen-bond donors (Lipinski definition) is 2. The summed E-state index contributed by atoms with van der Waals surface area (Å²) in [6.07, 6.45) is 2.36. The average Bonchev–Trinajstić information content (AvgIpc) is 2.47. The van der Waals surface area contributed by atoms with Gasteiger partial charge in [-0.15, -0.1) is 0 Å². The van der Waals surface area contributed by atoms with Gasteiger partial charge in [-0.1, -0.05) is 42.3 Å². The van der Waals surface area contributed by atoms with Gasteiger partial charge in [-0.3, -0.25) is 0 Å². The molecule has 0 bridgehead atoms. The van der Waals surface area contributed by atoms with Crippen LogP contribution in [0.3, 0.4) is 0 Å². The van der Waals surface area contributed by atoms with Crippen LogP contribution >= 0.6 is 23.2 Å². The second kappa shape index (κ2) is 7.07. The van der Waals surface area contributed by atoms with Crippen LogP contribution in [0, 0.1) is 5.82 Å². The largest absolute Gasteiger partial charge is 0.383 e. The number of aromatic nitrogens is 1. The van der Waals surface area contributed by atoms with Crippen molar-refractivity contribution in [3.05, 3.63) is 57.5 Å². The highest BCUT2D eigenvalue weighted by Gasteiger charge is 2.21. The van der Waals surface area contributed by atoms with Gasteiger partial charge in [0, 0.05) is 17.3 Å². The van der Waals surface area contributed by atoms with Crippen LogP contribution < -0.4 is 11.1 Å². The molecule has 0 spiro atoms. The molecular weight excluding hydrogens is 312 g/mol. The summed E-state index contributed by atoms with van der Waals surface area (Å²) in [6.45, 7) is 2.72. The molecule has 0 aliphatic rings. The van der Waals surface area contributed by atoms with Gasteiger partial charge in [0.15, 0.2) is 0 Å². The minimum atomic E-state index is -0.466. The zero-order valence-corrected chi connectivity index (χ0v) is 13.0. The van der Waals surface area contributed by atoms with Crippen LogP contribution in [0.2, 0.25) is 10.0 Å². The Labute approximate surface area is 133 Å². The van der Waals surface area contributed by atoms with Crippen molar-refractivity contribution in [2.45, 2.75) is 19.4 Å². The lowest BCUT2D eigenvalue weighted by atomic mass is 9.98. The molecule has 112 valence electrons. The summed E-state index contributed by atoms with van der Waals surface area (Å²) in [6, 6.07) is 6.13. The average molecular weight is 328 g/mol. The van der Waals surface area contributed by atoms with Crippen LogP contribution in [-0.2, 0) is 0 Å². The zero-order chi connectivity index (χ0) is 15.4. The van der Waals surface area contributed by atoms with Crippen molar-refractivity contribution < 1.29 is 4.39 Å². The predicted molar refractivity (Wildman–Crippen MR) is 85.2 cm³/mol. The summed E-state index contributed by atoms with van der Waals surface area (Å²) in [5.41, 5.74) is 6.98. The SMILES string of the molecule is CCCNC(c1cc(Cl)cnc1N)c1cccc(Cl)c1F. The molecule has 0 aliphatic heterocycles. The molecule has 0 amide bonds. The summed E-state index contributed by atoms with van der Waals surface area (Å²) in [5.74, 6) is -0.153. The van der Waals surface area contributed by atoms with E-state index in [-0.39, 0.29) is 5.02 Å². The first-order chi connectivity index (χ1) is 10.0. The molecule has 0 saturated carbocycles. The van der Waals surface area contributed by atoms with Gasteiger partial charge in [0.2, 0.25) is 0 Å². The standard InChI is InChI=1S/C15H16Cl2FN3/c1-2-6-20-14(10-4-3-5-12(17)13(10)18)11-7-9(16)8-21-15(11)19/h3-5,7-8,14,20H,2,6H2,1H3,(H2,19,21). The first-order valence-electron chi connectivity index (χ1n) is 6.62. The van der Waals surface area contributed by atoms with Crippen molar-refractivity contribution in [2.24, 2.45) is 0 Å². The maximum Gasteiger partial charge on any atom is 0.146 e. The summed E-state index contributed by atoms with van der Waals surface area (Å²) in [4.78, 5) is 4.04. The highest BCUT2D eigenvalue weighted by atomic mass is 35.5. The molecule has 1 heterocycles. The minimum absolute atomic E-state index is 0.0735. The smallest absolute Gasteiger partial charge is 0.146 e. The number of nitrogens with two attached hydrogens (primary N) is 1. The van der Waals surface area contributed by atoms with Crippen molar-refractivity contribution in [3.63, 3.8) is 0 Å². The third-order valence-electron chi connectivity index (χ3n) is 3.12. The second-order valence-corrected chi connectivity index (χ2v) is 5.50. The Balaban J connectivity index is 2.52. The van der Waals surface area contributed by atoms with E-state index in [1.54, 1.807) is 18.2 Å². The highest BCUT2D eigenvalue weighted by molar-refractivity contribution is 6.31. The highest BCUT2D eigenvalue weighted by Crippen LogP contribution is 2.31. The van der Waals surface area contributed by atoms with Crippen molar-refractivity contribution in [2.75, 3.05) is 12.3 Å².